The third-order valence-corrected chi connectivity index (χ3v) is 3.82. The van der Waals surface area contributed by atoms with Crippen molar-refractivity contribution < 1.29 is 0 Å². The molecule has 0 aliphatic rings. The molecule has 0 aliphatic carbocycles. The average molecular weight is 306 g/mol. The Labute approximate surface area is 131 Å². The minimum atomic E-state index is -0.225. The molecular weight excluding hydrogens is 292 g/mol. The summed E-state index contributed by atoms with van der Waals surface area (Å²) in [5, 5.41) is 12.3. The van der Waals surface area contributed by atoms with Gasteiger partial charge in [-0.05, 0) is 38.5 Å². The van der Waals surface area contributed by atoms with E-state index >= 15 is 0 Å². The van der Waals surface area contributed by atoms with Crippen LogP contribution >= 0.6 is 0 Å². The molecule has 4 rings (SSSR count). The van der Waals surface area contributed by atoms with Crippen molar-refractivity contribution in [3.63, 3.8) is 0 Å². The Bertz CT molecular complexity index is 1120. The predicted molar refractivity (Wildman–Crippen MR) is 85.9 cm³/mol. The molecule has 0 N–H and O–H groups in total. The number of aromatic nitrogens is 6. The summed E-state index contributed by atoms with van der Waals surface area (Å²) < 4.78 is 3.13. The van der Waals surface area contributed by atoms with Gasteiger partial charge in [-0.15, -0.1) is 15.3 Å². The highest BCUT2D eigenvalue weighted by Gasteiger charge is 2.13. The molecule has 4 aromatic rings. The Morgan fingerprint density at radius 1 is 1.04 bits per heavy atom. The van der Waals surface area contributed by atoms with E-state index in [0.717, 1.165) is 16.8 Å². The van der Waals surface area contributed by atoms with Gasteiger partial charge in [-0.2, -0.15) is 9.50 Å². The third kappa shape index (κ3) is 2.01. The summed E-state index contributed by atoms with van der Waals surface area (Å²) in [6.45, 7) is 5.78. The minimum absolute atomic E-state index is 0.225. The first kappa shape index (κ1) is 13.6. The number of nitrogens with zero attached hydrogens (tertiary/aromatic N) is 6. The molecule has 0 unspecified atom stereocenters. The van der Waals surface area contributed by atoms with E-state index in [1.165, 1.54) is 0 Å². The summed E-state index contributed by atoms with van der Waals surface area (Å²) in [6.07, 6.45) is 1.74. The third-order valence-electron chi connectivity index (χ3n) is 3.82. The van der Waals surface area contributed by atoms with Crippen LogP contribution in [0.1, 0.15) is 17.0 Å². The Morgan fingerprint density at radius 2 is 1.87 bits per heavy atom. The second kappa shape index (κ2) is 4.70. The van der Waals surface area contributed by atoms with Crippen LogP contribution < -0.4 is 5.56 Å². The standard InChI is InChI=1S/C16H14N6O/c1-9-4-5-12(10(2)8-9)21-7-6-13-14(15(21)23)18-19-16-17-11(3)20-22(13)16/h4-8H,1-3H3. The molecule has 114 valence electrons. The summed E-state index contributed by atoms with van der Waals surface area (Å²) in [5.74, 6) is 0.976. The highest BCUT2D eigenvalue weighted by Crippen LogP contribution is 2.16. The van der Waals surface area contributed by atoms with Gasteiger partial charge in [0, 0.05) is 6.20 Å². The second-order valence-electron chi connectivity index (χ2n) is 5.59. The number of benzene rings is 1. The molecule has 7 heteroatoms. The summed E-state index contributed by atoms with van der Waals surface area (Å²) in [7, 11) is 0. The van der Waals surface area contributed by atoms with E-state index in [9.17, 15) is 4.79 Å². The summed E-state index contributed by atoms with van der Waals surface area (Å²) in [4.78, 5) is 17.0. The number of pyridine rings is 1. The van der Waals surface area contributed by atoms with E-state index in [1.807, 2.05) is 38.1 Å². The van der Waals surface area contributed by atoms with Gasteiger partial charge in [0.1, 0.15) is 11.3 Å². The van der Waals surface area contributed by atoms with Gasteiger partial charge in [0.05, 0.1) is 5.69 Å². The van der Waals surface area contributed by atoms with Crippen LogP contribution in [0.3, 0.4) is 0 Å². The Morgan fingerprint density at radius 3 is 2.65 bits per heavy atom. The van der Waals surface area contributed by atoms with Crippen molar-refractivity contribution in [3.8, 4) is 5.69 Å². The van der Waals surface area contributed by atoms with Crippen molar-refractivity contribution in [3.05, 3.63) is 57.8 Å². The zero-order valence-corrected chi connectivity index (χ0v) is 13.0. The maximum Gasteiger partial charge on any atom is 0.285 e. The quantitative estimate of drug-likeness (QED) is 0.535. The molecule has 0 spiro atoms. The summed E-state index contributed by atoms with van der Waals surface area (Å²) in [5.41, 5.74) is 3.65. The monoisotopic (exact) mass is 306 g/mol. The van der Waals surface area contributed by atoms with Gasteiger partial charge in [-0.3, -0.25) is 9.36 Å². The number of hydrogen-bond donors (Lipinski definition) is 0. The average Bonchev–Trinajstić information content (AvgIpc) is 2.89. The fourth-order valence-electron chi connectivity index (χ4n) is 2.77. The number of rotatable bonds is 1. The normalized spacial score (nSPS) is 11.4. The molecule has 23 heavy (non-hydrogen) atoms. The van der Waals surface area contributed by atoms with Crippen molar-refractivity contribution in [1.82, 2.24) is 29.4 Å². The van der Waals surface area contributed by atoms with Crippen LogP contribution in [0.4, 0.5) is 0 Å². The molecule has 0 atom stereocenters. The fourth-order valence-corrected chi connectivity index (χ4v) is 2.77. The molecule has 0 bridgehead atoms. The second-order valence-corrected chi connectivity index (χ2v) is 5.59. The van der Waals surface area contributed by atoms with Crippen molar-refractivity contribution in [2.24, 2.45) is 0 Å². The fraction of sp³-hybridized carbons (Fsp3) is 0.188. The Balaban J connectivity index is 2.05. The lowest BCUT2D eigenvalue weighted by Crippen LogP contribution is -2.21. The zero-order valence-electron chi connectivity index (χ0n) is 13.0. The molecule has 0 aliphatic heterocycles. The van der Waals surface area contributed by atoms with E-state index in [-0.39, 0.29) is 11.1 Å². The van der Waals surface area contributed by atoms with Gasteiger partial charge in [-0.1, -0.05) is 17.7 Å². The largest absolute Gasteiger partial charge is 0.285 e. The van der Waals surface area contributed by atoms with Gasteiger partial charge in [0.25, 0.3) is 11.3 Å². The van der Waals surface area contributed by atoms with E-state index in [1.54, 1.807) is 22.2 Å². The van der Waals surface area contributed by atoms with Crippen LogP contribution in [0.5, 0.6) is 0 Å². The minimum Gasteiger partial charge on any atom is -0.282 e. The number of fused-ring (bicyclic) bond motifs is 3. The lowest BCUT2D eigenvalue weighted by atomic mass is 10.1. The highest BCUT2D eigenvalue weighted by molar-refractivity contribution is 5.74. The van der Waals surface area contributed by atoms with E-state index < -0.39 is 0 Å². The smallest absolute Gasteiger partial charge is 0.282 e. The zero-order chi connectivity index (χ0) is 16.1. The molecule has 3 heterocycles. The first-order valence-electron chi connectivity index (χ1n) is 7.23. The maximum atomic E-state index is 12.8. The summed E-state index contributed by atoms with van der Waals surface area (Å²) >= 11 is 0. The SMILES string of the molecule is Cc1ccc(-n2ccc3c(nnc4nc(C)nn43)c2=O)c(C)c1. The van der Waals surface area contributed by atoms with Gasteiger partial charge >= 0.3 is 0 Å². The van der Waals surface area contributed by atoms with Crippen LogP contribution in [0, 0.1) is 20.8 Å². The topological polar surface area (TPSA) is 78.0 Å². The van der Waals surface area contributed by atoms with Crippen molar-refractivity contribution in [2.75, 3.05) is 0 Å². The molecule has 0 fully saturated rings. The van der Waals surface area contributed by atoms with Gasteiger partial charge < -0.3 is 0 Å². The van der Waals surface area contributed by atoms with Crippen LogP contribution in [0.25, 0.3) is 22.5 Å². The van der Waals surface area contributed by atoms with E-state index in [0.29, 0.717) is 17.1 Å². The van der Waals surface area contributed by atoms with Crippen LogP contribution in [0.15, 0.2) is 35.3 Å². The van der Waals surface area contributed by atoms with Crippen LogP contribution in [-0.2, 0) is 0 Å². The van der Waals surface area contributed by atoms with E-state index in [2.05, 4.69) is 20.3 Å². The van der Waals surface area contributed by atoms with Crippen molar-refractivity contribution in [1.29, 1.82) is 0 Å². The molecule has 0 radical (unpaired) electrons. The Kier molecular flexibility index (Phi) is 2.77. The summed E-state index contributed by atoms with van der Waals surface area (Å²) in [6, 6.07) is 7.77. The molecule has 7 nitrogen and oxygen atoms in total. The lowest BCUT2D eigenvalue weighted by Gasteiger charge is -2.10. The van der Waals surface area contributed by atoms with Crippen molar-refractivity contribution >= 4 is 16.8 Å². The molecule has 3 aromatic heterocycles. The highest BCUT2D eigenvalue weighted by atomic mass is 16.1. The van der Waals surface area contributed by atoms with Gasteiger partial charge in [0.15, 0.2) is 5.52 Å². The molecule has 0 saturated heterocycles. The van der Waals surface area contributed by atoms with Gasteiger partial charge in [0.2, 0.25) is 0 Å². The van der Waals surface area contributed by atoms with Crippen molar-refractivity contribution in [2.45, 2.75) is 20.8 Å². The first-order valence-corrected chi connectivity index (χ1v) is 7.23. The predicted octanol–water partition coefficient (Wildman–Crippen LogP) is 1.75. The maximum absolute atomic E-state index is 12.8. The van der Waals surface area contributed by atoms with Crippen LogP contribution in [0.2, 0.25) is 0 Å². The van der Waals surface area contributed by atoms with Gasteiger partial charge in [-0.25, -0.2) is 0 Å². The molecule has 0 saturated carbocycles. The lowest BCUT2D eigenvalue weighted by molar-refractivity contribution is 0.903. The molecule has 1 aromatic carbocycles. The first-order chi connectivity index (χ1) is 11.0. The van der Waals surface area contributed by atoms with Crippen LogP contribution in [-0.4, -0.2) is 29.4 Å². The Hall–Kier alpha value is -3.09. The van der Waals surface area contributed by atoms with E-state index in [4.69, 9.17) is 0 Å². The number of hydrogen-bond acceptors (Lipinski definition) is 5. The molecular formula is C16H14N6O. The number of aryl methyl sites for hydroxylation is 3. The molecule has 0 amide bonds.